The van der Waals surface area contributed by atoms with E-state index in [9.17, 15) is 4.79 Å². The average molecular weight is 270 g/mol. The number of hydrogen-bond acceptors (Lipinski definition) is 3. The monoisotopic (exact) mass is 269 g/mol. The first kappa shape index (κ1) is 10.6. The lowest BCUT2D eigenvalue weighted by molar-refractivity contribution is -0.123. The molecule has 0 aromatic carbocycles. The van der Waals surface area contributed by atoms with Crippen LogP contribution in [0.25, 0.3) is 0 Å². The topological polar surface area (TPSA) is 68.0 Å². The van der Waals surface area contributed by atoms with E-state index in [4.69, 9.17) is 5.73 Å². The molecule has 0 unspecified atom stereocenters. The van der Waals surface area contributed by atoms with Gasteiger partial charge in [-0.15, -0.1) is 0 Å². The van der Waals surface area contributed by atoms with Crippen LogP contribution in [0.1, 0.15) is 19.3 Å². The van der Waals surface area contributed by atoms with Crippen molar-refractivity contribution in [2.75, 3.05) is 5.32 Å². The Kier molecular flexibility index (Phi) is 2.75. The number of nitrogens with two attached hydrogens (primary N) is 1. The number of nitrogens with one attached hydrogen (secondary N) is 1. The number of pyridine rings is 1. The lowest BCUT2D eigenvalue weighted by atomic mass is 9.77. The zero-order valence-corrected chi connectivity index (χ0v) is 9.75. The van der Waals surface area contributed by atoms with Crippen LogP contribution in [-0.4, -0.2) is 16.4 Å². The number of amides is 1. The fourth-order valence-electron chi connectivity index (χ4n) is 1.51. The Labute approximate surface area is 96.4 Å². The van der Waals surface area contributed by atoms with Crippen molar-refractivity contribution < 1.29 is 4.79 Å². The number of anilines is 1. The van der Waals surface area contributed by atoms with E-state index in [2.05, 4.69) is 26.2 Å². The highest BCUT2D eigenvalue weighted by Crippen LogP contribution is 2.31. The molecule has 2 rings (SSSR count). The molecule has 1 aliphatic carbocycles. The molecule has 15 heavy (non-hydrogen) atoms. The maximum absolute atomic E-state index is 11.8. The molecule has 0 spiro atoms. The lowest BCUT2D eigenvalue weighted by Crippen LogP contribution is -2.56. The Morgan fingerprint density at radius 2 is 2.33 bits per heavy atom. The minimum absolute atomic E-state index is 0.111. The first-order valence-electron chi connectivity index (χ1n) is 4.82. The van der Waals surface area contributed by atoms with Gasteiger partial charge in [0.15, 0.2) is 0 Å². The van der Waals surface area contributed by atoms with Gasteiger partial charge in [-0.3, -0.25) is 9.78 Å². The largest absolute Gasteiger partial charge is 0.323 e. The van der Waals surface area contributed by atoms with E-state index in [0.717, 1.165) is 23.7 Å². The minimum Gasteiger partial charge on any atom is -0.323 e. The first-order valence-corrected chi connectivity index (χ1v) is 5.61. The normalized spacial score (nSPS) is 18.0. The maximum Gasteiger partial charge on any atom is 0.244 e. The summed E-state index contributed by atoms with van der Waals surface area (Å²) in [5.74, 6) is -0.111. The third-order valence-corrected chi connectivity index (χ3v) is 3.35. The van der Waals surface area contributed by atoms with Gasteiger partial charge in [0.2, 0.25) is 5.91 Å². The second-order valence-corrected chi connectivity index (χ2v) is 4.67. The van der Waals surface area contributed by atoms with Gasteiger partial charge in [0.1, 0.15) is 0 Å². The van der Waals surface area contributed by atoms with Crippen molar-refractivity contribution in [3.8, 4) is 0 Å². The molecule has 1 heterocycles. The van der Waals surface area contributed by atoms with Crippen molar-refractivity contribution in [1.82, 2.24) is 4.98 Å². The molecule has 0 atom stereocenters. The summed E-state index contributed by atoms with van der Waals surface area (Å²) in [6.45, 7) is 0. The lowest BCUT2D eigenvalue weighted by Gasteiger charge is -2.36. The fraction of sp³-hybridized carbons (Fsp3) is 0.400. The van der Waals surface area contributed by atoms with Crippen molar-refractivity contribution in [2.24, 2.45) is 5.73 Å². The van der Waals surface area contributed by atoms with Gasteiger partial charge in [-0.1, -0.05) is 0 Å². The van der Waals surface area contributed by atoms with E-state index in [1.807, 2.05) is 0 Å². The first-order chi connectivity index (χ1) is 7.12. The predicted molar refractivity (Wildman–Crippen MR) is 61.3 cm³/mol. The van der Waals surface area contributed by atoms with Crippen molar-refractivity contribution in [3.05, 3.63) is 22.9 Å². The zero-order chi connectivity index (χ0) is 10.9. The van der Waals surface area contributed by atoms with Crippen molar-refractivity contribution in [1.29, 1.82) is 0 Å². The molecule has 1 amide bonds. The predicted octanol–water partition coefficient (Wildman–Crippen LogP) is 1.66. The van der Waals surface area contributed by atoms with Gasteiger partial charge in [0.25, 0.3) is 0 Å². The third-order valence-electron chi connectivity index (χ3n) is 2.72. The second-order valence-electron chi connectivity index (χ2n) is 3.82. The molecule has 0 bridgehead atoms. The number of aromatic nitrogens is 1. The number of carbonyl (C=O) groups excluding carboxylic acids is 1. The van der Waals surface area contributed by atoms with Gasteiger partial charge < -0.3 is 11.1 Å². The van der Waals surface area contributed by atoms with Crippen LogP contribution in [-0.2, 0) is 4.79 Å². The van der Waals surface area contributed by atoms with E-state index in [-0.39, 0.29) is 5.91 Å². The summed E-state index contributed by atoms with van der Waals surface area (Å²) < 4.78 is 0.765. The summed E-state index contributed by atoms with van der Waals surface area (Å²) in [7, 11) is 0. The highest BCUT2D eigenvalue weighted by atomic mass is 79.9. The highest BCUT2D eigenvalue weighted by molar-refractivity contribution is 9.10. The molecule has 1 saturated carbocycles. The summed E-state index contributed by atoms with van der Waals surface area (Å²) >= 11 is 3.31. The van der Waals surface area contributed by atoms with E-state index in [1.165, 1.54) is 0 Å². The maximum atomic E-state index is 11.8. The number of carbonyl (C=O) groups is 1. The molecule has 1 aromatic rings. The molecule has 5 heteroatoms. The smallest absolute Gasteiger partial charge is 0.244 e. The van der Waals surface area contributed by atoms with Crippen LogP contribution in [0.4, 0.5) is 5.69 Å². The highest BCUT2D eigenvalue weighted by Gasteiger charge is 2.40. The van der Waals surface area contributed by atoms with Gasteiger partial charge in [-0.05, 0) is 41.3 Å². The van der Waals surface area contributed by atoms with Gasteiger partial charge in [-0.2, -0.15) is 0 Å². The molecule has 0 radical (unpaired) electrons. The molecule has 0 saturated heterocycles. The van der Waals surface area contributed by atoms with Gasteiger partial charge in [0.05, 0.1) is 15.7 Å². The van der Waals surface area contributed by atoms with E-state index in [0.29, 0.717) is 5.69 Å². The van der Waals surface area contributed by atoms with Crippen molar-refractivity contribution in [3.63, 3.8) is 0 Å². The minimum atomic E-state index is -0.664. The standard InChI is InChI=1S/C10H12BrN3O/c11-7-6-13-5-2-8(7)14-9(15)10(12)3-1-4-10/h2,5-6H,1,3-4,12H2,(H,13,14,15). The third kappa shape index (κ3) is 2.03. The molecule has 1 fully saturated rings. The summed E-state index contributed by atoms with van der Waals surface area (Å²) in [4.78, 5) is 15.7. The van der Waals surface area contributed by atoms with E-state index < -0.39 is 5.54 Å². The molecule has 3 N–H and O–H groups in total. The van der Waals surface area contributed by atoms with E-state index >= 15 is 0 Å². The van der Waals surface area contributed by atoms with Crippen molar-refractivity contribution in [2.45, 2.75) is 24.8 Å². The summed E-state index contributed by atoms with van der Waals surface area (Å²) in [6.07, 6.45) is 5.83. The molecule has 0 aliphatic heterocycles. The quantitative estimate of drug-likeness (QED) is 0.858. The molecular weight excluding hydrogens is 258 g/mol. The van der Waals surface area contributed by atoms with Crippen LogP contribution >= 0.6 is 15.9 Å². The van der Waals surface area contributed by atoms with Crippen LogP contribution in [0.2, 0.25) is 0 Å². The number of halogens is 1. The van der Waals surface area contributed by atoms with Crippen molar-refractivity contribution >= 4 is 27.5 Å². The Bertz CT molecular complexity index is 390. The fourth-order valence-corrected chi connectivity index (χ4v) is 1.86. The Balaban J connectivity index is 2.09. The van der Waals surface area contributed by atoms with Gasteiger partial charge in [0, 0.05) is 12.4 Å². The SMILES string of the molecule is NC1(C(=O)Nc2ccncc2Br)CCC1. The van der Waals surface area contributed by atoms with Crippen LogP contribution in [0.15, 0.2) is 22.9 Å². The Morgan fingerprint density at radius 3 is 2.87 bits per heavy atom. The molecular formula is C10H12BrN3O. The van der Waals surface area contributed by atoms with Gasteiger partial charge >= 0.3 is 0 Å². The zero-order valence-electron chi connectivity index (χ0n) is 8.16. The second kappa shape index (κ2) is 3.90. The summed E-state index contributed by atoms with van der Waals surface area (Å²) in [5.41, 5.74) is 5.95. The number of nitrogens with zero attached hydrogens (tertiary/aromatic N) is 1. The Morgan fingerprint density at radius 1 is 1.60 bits per heavy atom. The van der Waals surface area contributed by atoms with E-state index in [1.54, 1.807) is 18.5 Å². The summed E-state index contributed by atoms with van der Waals surface area (Å²) in [6, 6.07) is 1.74. The number of hydrogen-bond donors (Lipinski definition) is 2. The number of rotatable bonds is 2. The molecule has 1 aromatic heterocycles. The van der Waals surface area contributed by atoms with Crippen LogP contribution in [0.5, 0.6) is 0 Å². The average Bonchev–Trinajstić information content (AvgIpc) is 2.18. The Hall–Kier alpha value is -0.940. The van der Waals surface area contributed by atoms with Crippen LogP contribution in [0.3, 0.4) is 0 Å². The summed E-state index contributed by atoms with van der Waals surface area (Å²) in [5, 5.41) is 2.80. The van der Waals surface area contributed by atoms with Crippen LogP contribution < -0.4 is 11.1 Å². The molecule has 80 valence electrons. The van der Waals surface area contributed by atoms with Crippen LogP contribution in [0, 0.1) is 0 Å². The van der Waals surface area contributed by atoms with Gasteiger partial charge in [-0.25, -0.2) is 0 Å². The molecule has 4 nitrogen and oxygen atoms in total. The molecule has 1 aliphatic rings.